The van der Waals surface area contributed by atoms with Crippen molar-refractivity contribution in [3.8, 4) is 5.88 Å². The summed E-state index contributed by atoms with van der Waals surface area (Å²) in [5, 5.41) is 3.26. The molecule has 6 heteroatoms. The number of alkyl halides is 3. The fourth-order valence-electron chi connectivity index (χ4n) is 1.57. The van der Waals surface area contributed by atoms with Crippen LogP contribution in [0.1, 0.15) is 38.4 Å². The van der Waals surface area contributed by atoms with E-state index in [4.69, 9.17) is 4.74 Å². The molecule has 1 aromatic rings. The van der Waals surface area contributed by atoms with Crippen LogP contribution in [-0.4, -0.2) is 23.8 Å². The Morgan fingerprint density at radius 3 is 2.55 bits per heavy atom. The zero-order valence-corrected chi connectivity index (χ0v) is 12.0. The van der Waals surface area contributed by atoms with Crippen LogP contribution in [0.25, 0.3) is 0 Å². The van der Waals surface area contributed by atoms with E-state index in [-0.39, 0.29) is 5.88 Å². The van der Waals surface area contributed by atoms with E-state index >= 15 is 0 Å². The molecule has 0 spiro atoms. The maximum absolute atomic E-state index is 12.1. The molecule has 3 nitrogen and oxygen atoms in total. The zero-order valence-electron chi connectivity index (χ0n) is 12.0. The molecule has 0 aliphatic rings. The molecule has 0 radical (unpaired) electrons. The lowest BCUT2D eigenvalue weighted by molar-refractivity contribution is -0.139. The summed E-state index contributed by atoms with van der Waals surface area (Å²) in [6.45, 7) is 6.25. The van der Waals surface area contributed by atoms with E-state index in [9.17, 15) is 13.2 Å². The van der Waals surface area contributed by atoms with Crippen molar-refractivity contribution >= 4 is 0 Å². The maximum atomic E-state index is 12.1. The van der Waals surface area contributed by atoms with Crippen LogP contribution in [0, 0.1) is 0 Å². The van der Waals surface area contributed by atoms with Crippen molar-refractivity contribution in [3.05, 3.63) is 23.4 Å². The Labute approximate surface area is 117 Å². The third-order valence-corrected chi connectivity index (χ3v) is 2.63. The van der Waals surface area contributed by atoms with Gasteiger partial charge in [-0.2, -0.15) is 13.2 Å². The van der Waals surface area contributed by atoms with Crippen LogP contribution in [0.15, 0.2) is 12.1 Å². The minimum absolute atomic E-state index is 0.258. The fourth-order valence-corrected chi connectivity index (χ4v) is 1.57. The van der Waals surface area contributed by atoms with Crippen LogP contribution in [0.3, 0.4) is 0 Å². The minimum atomic E-state index is -4.20. The standard InChI is InChI=1S/C14H21F3N2O/c1-4-12-7-11(9-18-10(2)3)8-13(19-12)20-6-5-14(15,16)17/h7-8,10,18H,4-6,9H2,1-3H3. The summed E-state index contributed by atoms with van der Waals surface area (Å²) in [6.07, 6.45) is -4.46. The summed E-state index contributed by atoms with van der Waals surface area (Å²) in [5.41, 5.74) is 1.78. The third kappa shape index (κ3) is 6.75. The number of rotatable bonds is 7. The van der Waals surface area contributed by atoms with Gasteiger partial charge in [0.1, 0.15) is 0 Å². The molecule has 0 aliphatic carbocycles. The first-order valence-electron chi connectivity index (χ1n) is 6.73. The topological polar surface area (TPSA) is 34.1 Å². The van der Waals surface area contributed by atoms with Crippen molar-refractivity contribution < 1.29 is 17.9 Å². The van der Waals surface area contributed by atoms with E-state index in [0.29, 0.717) is 19.0 Å². The summed E-state index contributed by atoms with van der Waals surface area (Å²) in [6, 6.07) is 3.96. The highest BCUT2D eigenvalue weighted by molar-refractivity contribution is 5.25. The highest BCUT2D eigenvalue weighted by Crippen LogP contribution is 2.20. The molecule has 114 valence electrons. The predicted molar refractivity (Wildman–Crippen MR) is 71.8 cm³/mol. The van der Waals surface area contributed by atoms with Crippen molar-refractivity contribution in [2.45, 2.75) is 52.4 Å². The van der Waals surface area contributed by atoms with E-state index in [1.165, 1.54) is 0 Å². The molecule has 0 atom stereocenters. The second-order valence-corrected chi connectivity index (χ2v) is 4.91. The number of pyridine rings is 1. The van der Waals surface area contributed by atoms with Crippen LogP contribution < -0.4 is 10.1 Å². The first kappa shape index (κ1) is 16.8. The average Bonchev–Trinajstić information content (AvgIpc) is 2.34. The van der Waals surface area contributed by atoms with Gasteiger partial charge >= 0.3 is 6.18 Å². The molecule has 0 aliphatic heterocycles. The van der Waals surface area contributed by atoms with Gasteiger partial charge in [-0.15, -0.1) is 0 Å². The molecule has 0 unspecified atom stereocenters. The number of nitrogens with zero attached hydrogens (tertiary/aromatic N) is 1. The Bertz CT molecular complexity index is 419. The van der Waals surface area contributed by atoms with Crippen molar-refractivity contribution in [3.63, 3.8) is 0 Å². The molecular formula is C14H21F3N2O. The first-order chi connectivity index (χ1) is 9.30. The van der Waals surface area contributed by atoms with Crippen LogP contribution in [0.4, 0.5) is 13.2 Å². The maximum Gasteiger partial charge on any atom is 0.392 e. The quantitative estimate of drug-likeness (QED) is 0.835. The molecule has 0 saturated carbocycles. The molecule has 1 heterocycles. The van der Waals surface area contributed by atoms with Crippen molar-refractivity contribution in [2.75, 3.05) is 6.61 Å². The third-order valence-electron chi connectivity index (χ3n) is 2.63. The number of halogens is 3. The lowest BCUT2D eigenvalue weighted by Crippen LogP contribution is -2.22. The lowest BCUT2D eigenvalue weighted by Gasteiger charge is -2.12. The zero-order chi connectivity index (χ0) is 15.2. The van der Waals surface area contributed by atoms with Gasteiger partial charge in [0.05, 0.1) is 13.0 Å². The number of hydrogen-bond acceptors (Lipinski definition) is 3. The normalized spacial score (nSPS) is 11.9. The molecule has 1 rings (SSSR count). The summed E-state index contributed by atoms with van der Waals surface area (Å²) in [7, 11) is 0. The van der Waals surface area contributed by atoms with Gasteiger partial charge in [-0.3, -0.25) is 0 Å². The van der Waals surface area contributed by atoms with Crippen molar-refractivity contribution in [1.82, 2.24) is 10.3 Å². The van der Waals surface area contributed by atoms with Gasteiger partial charge in [0.25, 0.3) is 0 Å². The van der Waals surface area contributed by atoms with Crippen molar-refractivity contribution in [2.24, 2.45) is 0 Å². The summed E-state index contributed by atoms with van der Waals surface area (Å²) in [5.74, 6) is 0.258. The monoisotopic (exact) mass is 290 g/mol. The highest BCUT2D eigenvalue weighted by Gasteiger charge is 2.26. The van der Waals surface area contributed by atoms with E-state index in [1.807, 2.05) is 26.8 Å². The van der Waals surface area contributed by atoms with Crippen LogP contribution >= 0.6 is 0 Å². The molecule has 1 N–H and O–H groups in total. The van der Waals surface area contributed by atoms with Gasteiger partial charge in [-0.25, -0.2) is 4.98 Å². The molecular weight excluding hydrogens is 269 g/mol. The number of aryl methyl sites for hydroxylation is 1. The molecule has 0 bridgehead atoms. The van der Waals surface area contributed by atoms with E-state index in [2.05, 4.69) is 10.3 Å². The first-order valence-corrected chi connectivity index (χ1v) is 6.73. The average molecular weight is 290 g/mol. The molecule has 0 saturated heterocycles. The lowest BCUT2D eigenvalue weighted by atomic mass is 10.2. The van der Waals surface area contributed by atoms with Crippen LogP contribution in [0.5, 0.6) is 5.88 Å². The van der Waals surface area contributed by atoms with Gasteiger partial charge in [0, 0.05) is 24.3 Å². The number of hydrogen-bond donors (Lipinski definition) is 1. The molecule has 0 amide bonds. The van der Waals surface area contributed by atoms with Crippen LogP contribution in [0.2, 0.25) is 0 Å². The SMILES string of the molecule is CCc1cc(CNC(C)C)cc(OCCC(F)(F)F)n1. The largest absolute Gasteiger partial charge is 0.477 e. The number of ether oxygens (including phenoxy) is 1. The Kier molecular flexibility index (Phi) is 6.26. The number of nitrogens with one attached hydrogen (secondary N) is 1. The second kappa shape index (κ2) is 7.47. The van der Waals surface area contributed by atoms with E-state index in [0.717, 1.165) is 11.3 Å². The van der Waals surface area contributed by atoms with Crippen LogP contribution in [-0.2, 0) is 13.0 Å². The summed E-state index contributed by atoms with van der Waals surface area (Å²) < 4.78 is 41.4. The van der Waals surface area contributed by atoms with Gasteiger partial charge in [0.15, 0.2) is 0 Å². The smallest absolute Gasteiger partial charge is 0.392 e. The van der Waals surface area contributed by atoms with Crippen molar-refractivity contribution in [1.29, 1.82) is 0 Å². The van der Waals surface area contributed by atoms with Gasteiger partial charge < -0.3 is 10.1 Å². The second-order valence-electron chi connectivity index (χ2n) is 4.91. The van der Waals surface area contributed by atoms with E-state index in [1.54, 1.807) is 6.07 Å². The van der Waals surface area contributed by atoms with Gasteiger partial charge in [-0.05, 0) is 18.1 Å². The Hall–Kier alpha value is -1.30. The van der Waals surface area contributed by atoms with E-state index < -0.39 is 19.2 Å². The minimum Gasteiger partial charge on any atom is -0.477 e. The summed E-state index contributed by atoms with van der Waals surface area (Å²) >= 11 is 0. The number of aromatic nitrogens is 1. The Balaban J connectivity index is 2.67. The highest BCUT2D eigenvalue weighted by atomic mass is 19.4. The summed E-state index contributed by atoms with van der Waals surface area (Å²) in [4.78, 5) is 4.18. The Morgan fingerprint density at radius 2 is 2.00 bits per heavy atom. The predicted octanol–water partition coefficient (Wildman–Crippen LogP) is 3.47. The molecule has 20 heavy (non-hydrogen) atoms. The van der Waals surface area contributed by atoms with Gasteiger partial charge in [0.2, 0.25) is 5.88 Å². The molecule has 0 aromatic carbocycles. The molecule has 1 aromatic heterocycles. The van der Waals surface area contributed by atoms with Gasteiger partial charge in [-0.1, -0.05) is 20.8 Å². The fraction of sp³-hybridized carbons (Fsp3) is 0.643. The molecule has 0 fully saturated rings. The Morgan fingerprint density at radius 1 is 1.30 bits per heavy atom.